The molecule has 19 heavy (non-hydrogen) atoms. The molecule has 1 aliphatic rings. The minimum absolute atomic E-state index is 0.0544. The van der Waals surface area contributed by atoms with Crippen LogP contribution >= 0.6 is 0 Å². The molecular formula is C13H11N3O3. The Morgan fingerprint density at radius 3 is 2.89 bits per heavy atom. The standard InChI is InChI=1S/C13H11N3O3/c1-7-14-11-5-2-8-6-9(16(18)19)3-4-10(8)12(11)13(17)15-7/h3-4,6H,2,5H2,1H3,(H,14,15,17). The highest BCUT2D eigenvalue weighted by molar-refractivity contribution is 5.72. The van der Waals surface area contributed by atoms with Crippen LogP contribution in [0.2, 0.25) is 0 Å². The normalized spacial score (nSPS) is 12.7. The van der Waals surface area contributed by atoms with Gasteiger partial charge in [0.15, 0.2) is 0 Å². The van der Waals surface area contributed by atoms with Gasteiger partial charge in [-0.1, -0.05) is 0 Å². The highest BCUT2D eigenvalue weighted by atomic mass is 16.6. The lowest BCUT2D eigenvalue weighted by molar-refractivity contribution is -0.384. The summed E-state index contributed by atoms with van der Waals surface area (Å²) in [5, 5.41) is 10.8. The van der Waals surface area contributed by atoms with Crippen LogP contribution in [0.3, 0.4) is 0 Å². The van der Waals surface area contributed by atoms with Gasteiger partial charge in [-0.2, -0.15) is 0 Å². The summed E-state index contributed by atoms with van der Waals surface area (Å²) in [5.74, 6) is 0.592. The lowest BCUT2D eigenvalue weighted by Crippen LogP contribution is -2.20. The van der Waals surface area contributed by atoms with E-state index >= 15 is 0 Å². The van der Waals surface area contributed by atoms with E-state index in [0.717, 1.165) is 16.8 Å². The molecule has 0 aliphatic heterocycles. The first-order valence-electron chi connectivity index (χ1n) is 5.94. The summed E-state index contributed by atoms with van der Waals surface area (Å²) in [6, 6.07) is 4.60. The molecule has 6 heteroatoms. The Morgan fingerprint density at radius 2 is 2.16 bits per heavy atom. The van der Waals surface area contributed by atoms with Gasteiger partial charge in [0.05, 0.1) is 16.2 Å². The molecule has 0 amide bonds. The van der Waals surface area contributed by atoms with Crippen molar-refractivity contribution in [1.29, 1.82) is 0 Å². The second-order valence-electron chi connectivity index (χ2n) is 4.57. The number of hydrogen-bond acceptors (Lipinski definition) is 4. The Labute approximate surface area is 108 Å². The van der Waals surface area contributed by atoms with Crippen LogP contribution in [0.5, 0.6) is 0 Å². The van der Waals surface area contributed by atoms with Crippen LogP contribution in [0.25, 0.3) is 11.1 Å². The number of nitrogens with one attached hydrogen (secondary N) is 1. The minimum atomic E-state index is -0.423. The van der Waals surface area contributed by atoms with Crippen molar-refractivity contribution in [2.75, 3.05) is 0 Å². The van der Waals surface area contributed by atoms with E-state index in [2.05, 4.69) is 9.97 Å². The fourth-order valence-corrected chi connectivity index (χ4v) is 2.50. The third-order valence-corrected chi connectivity index (χ3v) is 3.31. The van der Waals surface area contributed by atoms with Gasteiger partial charge in [-0.15, -0.1) is 0 Å². The monoisotopic (exact) mass is 257 g/mol. The van der Waals surface area contributed by atoms with Crippen molar-refractivity contribution >= 4 is 5.69 Å². The number of nitro groups is 1. The fraction of sp³-hybridized carbons (Fsp3) is 0.231. The number of aromatic nitrogens is 2. The molecule has 1 aromatic heterocycles. The number of fused-ring (bicyclic) bond motifs is 3. The van der Waals surface area contributed by atoms with E-state index in [9.17, 15) is 14.9 Å². The van der Waals surface area contributed by atoms with Crippen molar-refractivity contribution in [2.24, 2.45) is 0 Å². The number of non-ortho nitro benzene ring substituents is 1. The van der Waals surface area contributed by atoms with Crippen LogP contribution in [0.15, 0.2) is 23.0 Å². The SMILES string of the molecule is Cc1nc2c(c(=O)[nH]1)-c1ccc([N+](=O)[O-])cc1CC2. The Morgan fingerprint density at radius 1 is 1.37 bits per heavy atom. The van der Waals surface area contributed by atoms with Gasteiger partial charge in [-0.25, -0.2) is 4.98 Å². The highest BCUT2D eigenvalue weighted by Crippen LogP contribution is 2.32. The van der Waals surface area contributed by atoms with Gasteiger partial charge in [0.2, 0.25) is 0 Å². The number of nitrogens with zero attached hydrogens (tertiary/aromatic N) is 2. The summed E-state index contributed by atoms with van der Waals surface area (Å²) in [6.07, 6.45) is 1.30. The molecule has 2 aromatic rings. The summed E-state index contributed by atoms with van der Waals surface area (Å²) in [7, 11) is 0. The lowest BCUT2D eigenvalue weighted by atomic mass is 9.89. The van der Waals surface area contributed by atoms with E-state index in [1.165, 1.54) is 12.1 Å². The highest BCUT2D eigenvalue weighted by Gasteiger charge is 2.22. The second-order valence-corrected chi connectivity index (χ2v) is 4.57. The fourth-order valence-electron chi connectivity index (χ4n) is 2.50. The molecule has 0 fully saturated rings. The average Bonchev–Trinajstić information content (AvgIpc) is 2.36. The largest absolute Gasteiger partial charge is 0.310 e. The maximum absolute atomic E-state index is 12.0. The van der Waals surface area contributed by atoms with Crippen LogP contribution in [-0.2, 0) is 12.8 Å². The topological polar surface area (TPSA) is 88.9 Å². The summed E-state index contributed by atoms with van der Waals surface area (Å²) in [5.41, 5.74) is 2.76. The number of hydrogen-bond donors (Lipinski definition) is 1. The smallest absolute Gasteiger partial charge is 0.269 e. The van der Waals surface area contributed by atoms with Gasteiger partial charge in [0.1, 0.15) is 5.82 Å². The molecule has 0 radical (unpaired) electrons. The number of nitro benzene ring substituents is 1. The summed E-state index contributed by atoms with van der Waals surface area (Å²) < 4.78 is 0. The molecule has 1 N–H and O–H groups in total. The third-order valence-electron chi connectivity index (χ3n) is 3.31. The maximum atomic E-state index is 12.0. The number of H-pyrrole nitrogens is 1. The van der Waals surface area contributed by atoms with Crippen LogP contribution < -0.4 is 5.56 Å². The van der Waals surface area contributed by atoms with Crippen molar-refractivity contribution in [3.05, 3.63) is 55.7 Å². The molecule has 0 saturated carbocycles. The molecule has 3 rings (SSSR count). The van der Waals surface area contributed by atoms with E-state index in [0.29, 0.717) is 24.2 Å². The zero-order chi connectivity index (χ0) is 13.6. The number of benzene rings is 1. The van der Waals surface area contributed by atoms with Crippen molar-refractivity contribution in [1.82, 2.24) is 9.97 Å². The van der Waals surface area contributed by atoms with Crippen LogP contribution in [0, 0.1) is 17.0 Å². The maximum Gasteiger partial charge on any atom is 0.269 e. The van der Waals surface area contributed by atoms with Crippen LogP contribution in [0.4, 0.5) is 5.69 Å². The molecule has 1 aromatic carbocycles. The summed E-state index contributed by atoms with van der Waals surface area (Å²) in [4.78, 5) is 29.4. The van der Waals surface area contributed by atoms with Gasteiger partial charge in [-0.3, -0.25) is 14.9 Å². The van der Waals surface area contributed by atoms with Gasteiger partial charge >= 0.3 is 0 Å². The van der Waals surface area contributed by atoms with E-state index in [1.807, 2.05) is 0 Å². The van der Waals surface area contributed by atoms with Crippen molar-refractivity contribution < 1.29 is 4.92 Å². The Kier molecular flexibility index (Phi) is 2.45. The molecule has 1 aliphatic carbocycles. The van der Waals surface area contributed by atoms with Gasteiger partial charge in [0, 0.05) is 12.1 Å². The van der Waals surface area contributed by atoms with Gasteiger partial charge in [0.25, 0.3) is 11.2 Å². The quantitative estimate of drug-likeness (QED) is 0.622. The van der Waals surface area contributed by atoms with Gasteiger partial charge in [-0.05, 0) is 37.0 Å². The minimum Gasteiger partial charge on any atom is -0.310 e. The van der Waals surface area contributed by atoms with E-state index in [4.69, 9.17) is 0 Å². The second kappa shape index (κ2) is 4.01. The number of aromatic amines is 1. The molecule has 0 atom stereocenters. The van der Waals surface area contributed by atoms with Crippen molar-refractivity contribution in [2.45, 2.75) is 19.8 Å². The van der Waals surface area contributed by atoms with Crippen molar-refractivity contribution in [3.8, 4) is 11.1 Å². The molecule has 1 heterocycles. The molecule has 0 spiro atoms. The average molecular weight is 257 g/mol. The van der Waals surface area contributed by atoms with Crippen LogP contribution in [0.1, 0.15) is 17.1 Å². The molecule has 0 bridgehead atoms. The zero-order valence-corrected chi connectivity index (χ0v) is 10.3. The third kappa shape index (κ3) is 1.81. The molecular weight excluding hydrogens is 246 g/mol. The van der Waals surface area contributed by atoms with Gasteiger partial charge < -0.3 is 4.98 Å². The predicted octanol–water partition coefficient (Wildman–Crippen LogP) is 1.75. The number of rotatable bonds is 1. The van der Waals surface area contributed by atoms with Crippen molar-refractivity contribution in [3.63, 3.8) is 0 Å². The van der Waals surface area contributed by atoms with E-state index in [-0.39, 0.29) is 11.2 Å². The Bertz CT molecular complexity index is 749. The molecule has 0 unspecified atom stereocenters. The first kappa shape index (κ1) is 11.6. The summed E-state index contributed by atoms with van der Waals surface area (Å²) >= 11 is 0. The Hall–Kier alpha value is -2.50. The lowest BCUT2D eigenvalue weighted by Gasteiger charge is -2.17. The zero-order valence-electron chi connectivity index (χ0n) is 10.3. The molecule has 0 saturated heterocycles. The molecule has 6 nitrogen and oxygen atoms in total. The number of aryl methyl sites for hydroxylation is 3. The van der Waals surface area contributed by atoms with Crippen LogP contribution in [-0.4, -0.2) is 14.9 Å². The predicted molar refractivity (Wildman–Crippen MR) is 69.1 cm³/mol. The summed E-state index contributed by atoms with van der Waals surface area (Å²) in [6.45, 7) is 1.74. The van der Waals surface area contributed by atoms with E-state index < -0.39 is 4.92 Å². The first-order valence-corrected chi connectivity index (χ1v) is 5.94. The van der Waals surface area contributed by atoms with E-state index in [1.54, 1.807) is 13.0 Å². The Balaban J connectivity index is 2.25. The first-order chi connectivity index (χ1) is 9.06. The molecule has 96 valence electrons.